The van der Waals surface area contributed by atoms with Crippen molar-refractivity contribution in [3.8, 4) is 11.5 Å². The summed E-state index contributed by atoms with van der Waals surface area (Å²) >= 11 is 0. The predicted octanol–water partition coefficient (Wildman–Crippen LogP) is 4.34. The Kier molecular flexibility index (Phi) is 7.52. The maximum Gasteiger partial charge on any atom is 0.259 e. The number of rotatable bonds is 8. The molecule has 172 valence electrons. The number of nitrogens with one attached hydrogen (secondary N) is 2. The van der Waals surface area contributed by atoms with Crippen LogP contribution >= 0.6 is 0 Å². The quantitative estimate of drug-likeness (QED) is 0.435. The van der Waals surface area contributed by atoms with Crippen LogP contribution in [0.1, 0.15) is 20.7 Å². The van der Waals surface area contributed by atoms with Gasteiger partial charge in [0.25, 0.3) is 11.8 Å². The fraction of sp³-hybridized carbons (Fsp3) is 0.130. The van der Waals surface area contributed by atoms with Gasteiger partial charge in [-0.15, -0.1) is 0 Å². The van der Waals surface area contributed by atoms with E-state index in [9.17, 15) is 27.9 Å². The van der Waals surface area contributed by atoms with Gasteiger partial charge in [0.2, 0.25) is 0 Å². The van der Waals surface area contributed by atoms with E-state index >= 15 is 0 Å². The minimum Gasteiger partial charge on any atom is -0.507 e. The van der Waals surface area contributed by atoms with Crippen molar-refractivity contribution in [3.05, 3.63) is 83.2 Å². The average Bonchev–Trinajstić information content (AvgIpc) is 2.74. The van der Waals surface area contributed by atoms with Gasteiger partial charge in [-0.3, -0.25) is 9.59 Å². The van der Waals surface area contributed by atoms with Gasteiger partial charge in [0.05, 0.1) is 12.2 Å². The fourth-order valence-corrected chi connectivity index (χ4v) is 2.82. The molecule has 0 unspecified atom stereocenters. The van der Waals surface area contributed by atoms with Crippen LogP contribution in [-0.2, 0) is 4.74 Å². The summed E-state index contributed by atoms with van der Waals surface area (Å²) in [4.78, 5) is 24.6. The highest BCUT2D eigenvalue weighted by Gasteiger charge is 2.15. The molecule has 0 saturated carbocycles. The van der Waals surface area contributed by atoms with Gasteiger partial charge in [-0.2, -0.15) is 0 Å². The summed E-state index contributed by atoms with van der Waals surface area (Å²) in [6, 6.07) is 9.80. The van der Waals surface area contributed by atoms with E-state index in [2.05, 4.69) is 10.6 Å². The maximum atomic E-state index is 14.1. The number of anilines is 2. The topological polar surface area (TPSA) is 96.9 Å². The van der Waals surface area contributed by atoms with Gasteiger partial charge in [0.15, 0.2) is 11.6 Å². The predicted molar refractivity (Wildman–Crippen MR) is 114 cm³/mol. The molecule has 0 aliphatic carbocycles. The monoisotopic (exact) mass is 460 g/mol. The molecule has 33 heavy (non-hydrogen) atoms. The number of hydrogen-bond donors (Lipinski definition) is 3. The van der Waals surface area contributed by atoms with Gasteiger partial charge in [0.1, 0.15) is 24.0 Å². The van der Waals surface area contributed by atoms with Crippen LogP contribution < -0.4 is 15.4 Å². The van der Waals surface area contributed by atoms with E-state index in [1.807, 2.05) is 0 Å². The van der Waals surface area contributed by atoms with Gasteiger partial charge in [-0.05, 0) is 36.4 Å². The van der Waals surface area contributed by atoms with Crippen LogP contribution in [0, 0.1) is 17.5 Å². The molecular weight excluding hydrogens is 441 g/mol. The van der Waals surface area contributed by atoms with Crippen molar-refractivity contribution in [3.63, 3.8) is 0 Å². The molecule has 0 atom stereocenters. The minimum atomic E-state index is -0.916. The third-order valence-corrected chi connectivity index (χ3v) is 4.36. The number of amides is 2. The number of methoxy groups -OCH3 is 1. The Bertz CT molecular complexity index is 1170. The number of carbonyl (C=O) groups is 2. The summed E-state index contributed by atoms with van der Waals surface area (Å²) in [6.45, 7) is 0.441. The van der Waals surface area contributed by atoms with Crippen molar-refractivity contribution >= 4 is 23.2 Å². The Labute approximate surface area is 186 Å². The third kappa shape index (κ3) is 6.23. The number of aromatic hydroxyl groups is 1. The summed E-state index contributed by atoms with van der Waals surface area (Å²) < 4.78 is 50.7. The van der Waals surface area contributed by atoms with E-state index < -0.39 is 35.0 Å². The lowest BCUT2D eigenvalue weighted by atomic mass is 10.1. The zero-order valence-electron chi connectivity index (χ0n) is 17.3. The number of phenols is 1. The van der Waals surface area contributed by atoms with Gasteiger partial charge in [-0.1, -0.05) is 0 Å². The first-order valence-corrected chi connectivity index (χ1v) is 9.60. The van der Waals surface area contributed by atoms with Crippen LogP contribution in [0.15, 0.2) is 54.6 Å². The van der Waals surface area contributed by atoms with Crippen LogP contribution in [0.2, 0.25) is 0 Å². The fourth-order valence-electron chi connectivity index (χ4n) is 2.82. The lowest BCUT2D eigenvalue weighted by Crippen LogP contribution is -2.14. The second-order valence-corrected chi connectivity index (χ2v) is 6.78. The number of halogens is 3. The van der Waals surface area contributed by atoms with E-state index in [4.69, 9.17) is 9.47 Å². The van der Waals surface area contributed by atoms with Crippen molar-refractivity contribution in [2.75, 3.05) is 31.0 Å². The number of phenolic OH excluding ortho intramolecular Hbond substituents is 1. The summed E-state index contributed by atoms with van der Waals surface area (Å²) in [7, 11) is 1.49. The number of carbonyl (C=O) groups excluding carboxylic acids is 2. The molecule has 10 heteroatoms. The summed E-state index contributed by atoms with van der Waals surface area (Å²) in [5.74, 6) is -4.55. The third-order valence-electron chi connectivity index (χ3n) is 4.36. The normalized spacial score (nSPS) is 10.5. The van der Waals surface area contributed by atoms with Crippen molar-refractivity contribution < 1.29 is 37.3 Å². The maximum absolute atomic E-state index is 14.1. The lowest BCUT2D eigenvalue weighted by Gasteiger charge is -2.11. The average molecular weight is 460 g/mol. The van der Waals surface area contributed by atoms with Crippen molar-refractivity contribution in [2.24, 2.45) is 0 Å². The van der Waals surface area contributed by atoms with Crippen LogP contribution in [-0.4, -0.2) is 37.2 Å². The summed E-state index contributed by atoms with van der Waals surface area (Å²) in [5.41, 5.74) is -0.195. The molecule has 0 heterocycles. The first-order chi connectivity index (χ1) is 15.8. The number of hydrogen-bond acceptors (Lipinski definition) is 5. The minimum absolute atomic E-state index is 0.00818. The zero-order chi connectivity index (χ0) is 24.0. The zero-order valence-corrected chi connectivity index (χ0v) is 17.3. The van der Waals surface area contributed by atoms with E-state index in [0.717, 1.165) is 24.3 Å². The van der Waals surface area contributed by atoms with Crippen LogP contribution in [0.25, 0.3) is 0 Å². The molecule has 0 aromatic heterocycles. The second-order valence-electron chi connectivity index (χ2n) is 6.78. The van der Waals surface area contributed by atoms with Crippen molar-refractivity contribution in [1.82, 2.24) is 0 Å². The van der Waals surface area contributed by atoms with Gasteiger partial charge >= 0.3 is 0 Å². The molecule has 0 radical (unpaired) electrons. The van der Waals surface area contributed by atoms with E-state index in [1.165, 1.54) is 31.4 Å². The molecule has 0 aliphatic heterocycles. The van der Waals surface area contributed by atoms with E-state index in [0.29, 0.717) is 6.07 Å². The molecule has 0 fully saturated rings. The standard InChI is InChI=1S/C23H19F3N2O5/c1-32-6-7-33-21-5-3-16(11-19(21)26)28-23(31)18-4-2-17(12-20(18)29)27-22(30)13-8-14(24)10-15(25)9-13/h2-5,8-12,29H,6-7H2,1H3,(H,27,30)(H,28,31). The largest absolute Gasteiger partial charge is 0.507 e. The molecule has 3 aromatic rings. The molecule has 3 N–H and O–H groups in total. The highest BCUT2D eigenvalue weighted by atomic mass is 19.1. The highest BCUT2D eigenvalue weighted by Crippen LogP contribution is 2.25. The van der Waals surface area contributed by atoms with Crippen LogP contribution in [0.5, 0.6) is 11.5 Å². The lowest BCUT2D eigenvalue weighted by molar-refractivity contribution is 0.101. The first kappa shape index (κ1) is 23.6. The van der Waals surface area contributed by atoms with Gasteiger partial charge < -0.3 is 25.2 Å². The SMILES string of the molecule is COCCOc1ccc(NC(=O)c2ccc(NC(=O)c3cc(F)cc(F)c3)cc2O)cc1F. The molecule has 2 amide bonds. The Morgan fingerprint density at radius 3 is 2.12 bits per heavy atom. The number of benzene rings is 3. The molecule has 0 bridgehead atoms. The van der Waals surface area contributed by atoms with Crippen molar-refractivity contribution in [1.29, 1.82) is 0 Å². The molecule has 3 rings (SSSR count). The molecular formula is C23H19F3N2O5. The Balaban J connectivity index is 1.67. The smallest absolute Gasteiger partial charge is 0.259 e. The summed E-state index contributed by atoms with van der Waals surface area (Å²) in [5, 5.41) is 15.0. The van der Waals surface area contributed by atoms with Gasteiger partial charge in [0, 0.05) is 42.2 Å². The number of ether oxygens (including phenoxy) is 2. The molecule has 0 saturated heterocycles. The van der Waals surface area contributed by atoms with E-state index in [1.54, 1.807) is 0 Å². The second kappa shape index (κ2) is 10.5. The molecule has 0 aliphatic rings. The molecule has 7 nitrogen and oxygen atoms in total. The Morgan fingerprint density at radius 1 is 0.848 bits per heavy atom. The molecule has 0 spiro atoms. The van der Waals surface area contributed by atoms with Crippen molar-refractivity contribution in [2.45, 2.75) is 0 Å². The van der Waals surface area contributed by atoms with Crippen LogP contribution in [0.4, 0.5) is 24.5 Å². The highest BCUT2D eigenvalue weighted by molar-refractivity contribution is 6.07. The Hall–Kier alpha value is -4.05. The molecule has 3 aromatic carbocycles. The van der Waals surface area contributed by atoms with E-state index in [-0.39, 0.29) is 41.5 Å². The Morgan fingerprint density at radius 2 is 1.48 bits per heavy atom. The van der Waals surface area contributed by atoms with Crippen LogP contribution in [0.3, 0.4) is 0 Å². The summed E-state index contributed by atoms with van der Waals surface area (Å²) in [6.07, 6.45) is 0. The van der Waals surface area contributed by atoms with Gasteiger partial charge in [-0.25, -0.2) is 13.2 Å². The first-order valence-electron chi connectivity index (χ1n) is 9.60.